The summed E-state index contributed by atoms with van der Waals surface area (Å²) in [7, 11) is 0. The van der Waals surface area contributed by atoms with Crippen molar-refractivity contribution in [1.82, 2.24) is 5.32 Å². The third-order valence-corrected chi connectivity index (χ3v) is 4.44. The molecule has 1 fully saturated rings. The van der Waals surface area contributed by atoms with Gasteiger partial charge in [0, 0.05) is 18.6 Å². The summed E-state index contributed by atoms with van der Waals surface area (Å²) in [5.41, 5.74) is 7.14. The minimum atomic E-state index is 0.311. The van der Waals surface area contributed by atoms with E-state index in [1.807, 2.05) is 0 Å². The van der Waals surface area contributed by atoms with Gasteiger partial charge in [-0.25, -0.2) is 0 Å². The van der Waals surface area contributed by atoms with Gasteiger partial charge < -0.3 is 20.5 Å². The maximum absolute atomic E-state index is 5.92. The molecule has 1 saturated carbocycles. The molecule has 3 N–H and O–H groups in total. The van der Waals surface area contributed by atoms with Gasteiger partial charge in [0.25, 0.3) is 0 Å². The van der Waals surface area contributed by atoms with E-state index in [0.717, 1.165) is 35.4 Å². The van der Waals surface area contributed by atoms with Crippen LogP contribution >= 0.6 is 15.9 Å². The molecule has 0 bridgehead atoms. The number of fused-ring (bicyclic) bond motifs is 1. The Morgan fingerprint density at radius 2 is 2.00 bits per heavy atom. The first-order valence-electron chi connectivity index (χ1n) is 6.79. The Morgan fingerprint density at radius 3 is 2.79 bits per heavy atom. The second-order valence-electron chi connectivity index (χ2n) is 5.30. The molecule has 2 aliphatic rings. The molecular formula is C14H19BrN2O2. The van der Waals surface area contributed by atoms with Gasteiger partial charge >= 0.3 is 0 Å². The molecule has 0 aromatic heterocycles. The Kier molecular flexibility index (Phi) is 3.96. The second kappa shape index (κ2) is 5.69. The standard InChI is InChI=1S/C14H19BrN2O2/c15-12-5-9(6-13-14(12)19-8-18-13)7-17-11-3-1-10(16)2-4-11/h5-6,10-11,17H,1-4,7-8,16H2. The minimum absolute atomic E-state index is 0.311. The molecule has 1 aromatic carbocycles. The van der Waals surface area contributed by atoms with Crippen molar-refractivity contribution in [2.45, 2.75) is 44.3 Å². The summed E-state index contributed by atoms with van der Waals surface area (Å²) in [4.78, 5) is 0. The fourth-order valence-corrected chi connectivity index (χ4v) is 3.31. The molecule has 5 heteroatoms. The Balaban J connectivity index is 1.60. The zero-order valence-electron chi connectivity index (χ0n) is 10.8. The van der Waals surface area contributed by atoms with Crippen molar-refractivity contribution in [3.8, 4) is 11.5 Å². The molecule has 1 heterocycles. The molecule has 0 atom stereocenters. The molecule has 0 radical (unpaired) electrons. The maximum atomic E-state index is 5.92. The van der Waals surface area contributed by atoms with E-state index in [0.29, 0.717) is 18.9 Å². The normalized spacial score (nSPS) is 25.6. The van der Waals surface area contributed by atoms with Gasteiger partial charge in [-0.3, -0.25) is 0 Å². The maximum Gasteiger partial charge on any atom is 0.231 e. The van der Waals surface area contributed by atoms with Crippen molar-refractivity contribution >= 4 is 15.9 Å². The minimum Gasteiger partial charge on any atom is -0.454 e. The molecule has 19 heavy (non-hydrogen) atoms. The van der Waals surface area contributed by atoms with E-state index < -0.39 is 0 Å². The predicted molar refractivity (Wildman–Crippen MR) is 77.3 cm³/mol. The monoisotopic (exact) mass is 326 g/mol. The van der Waals surface area contributed by atoms with E-state index in [9.17, 15) is 0 Å². The smallest absolute Gasteiger partial charge is 0.231 e. The second-order valence-corrected chi connectivity index (χ2v) is 6.16. The molecule has 1 aromatic rings. The molecule has 1 aliphatic carbocycles. The first-order chi connectivity index (χ1) is 9.22. The summed E-state index contributed by atoms with van der Waals surface area (Å²) in [6.45, 7) is 1.17. The fourth-order valence-electron chi connectivity index (χ4n) is 2.71. The van der Waals surface area contributed by atoms with Gasteiger partial charge in [-0.1, -0.05) is 0 Å². The number of nitrogens with one attached hydrogen (secondary N) is 1. The summed E-state index contributed by atoms with van der Waals surface area (Å²) in [5.74, 6) is 1.64. The highest BCUT2D eigenvalue weighted by atomic mass is 79.9. The van der Waals surface area contributed by atoms with Crippen LogP contribution in [-0.4, -0.2) is 18.9 Å². The van der Waals surface area contributed by atoms with Crippen LogP contribution < -0.4 is 20.5 Å². The zero-order valence-corrected chi connectivity index (χ0v) is 12.4. The fraction of sp³-hybridized carbons (Fsp3) is 0.571. The van der Waals surface area contributed by atoms with Gasteiger partial charge in [0.15, 0.2) is 11.5 Å². The number of halogens is 1. The van der Waals surface area contributed by atoms with Crippen molar-refractivity contribution < 1.29 is 9.47 Å². The molecule has 3 rings (SSSR count). The summed E-state index contributed by atoms with van der Waals surface area (Å²) in [5, 5.41) is 3.60. The lowest BCUT2D eigenvalue weighted by molar-refractivity contribution is 0.173. The van der Waals surface area contributed by atoms with Crippen LogP contribution in [0.1, 0.15) is 31.2 Å². The highest BCUT2D eigenvalue weighted by molar-refractivity contribution is 9.10. The van der Waals surface area contributed by atoms with Crippen molar-refractivity contribution in [3.63, 3.8) is 0 Å². The van der Waals surface area contributed by atoms with E-state index in [-0.39, 0.29) is 0 Å². The van der Waals surface area contributed by atoms with Gasteiger partial charge in [-0.15, -0.1) is 0 Å². The molecular weight excluding hydrogens is 308 g/mol. The number of nitrogens with two attached hydrogens (primary N) is 1. The molecule has 104 valence electrons. The first-order valence-corrected chi connectivity index (χ1v) is 7.58. The number of benzene rings is 1. The van der Waals surface area contributed by atoms with Gasteiger partial charge in [0.2, 0.25) is 6.79 Å². The van der Waals surface area contributed by atoms with Gasteiger partial charge in [0.1, 0.15) is 0 Å². The zero-order chi connectivity index (χ0) is 13.2. The Bertz CT molecular complexity index is 459. The van der Waals surface area contributed by atoms with Gasteiger partial charge in [-0.2, -0.15) is 0 Å². The predicted octanol–water partition coefficient (Wildman–Crippen LogP) is 2.54. The Labute approximate surface area is 121 Å². The van der Waals surface area contributed by atoms with Gasteiger partial charge in [-0.05, 0) is 59.3 Å². The quantitative estimate of drug-likeness (QED) is 0.896. The van der Waals surface area contributed by atoms with Crippen LogP contribution in [0.3, 0.4) is 0 Å². The SMILES string of the molecule is NC1CCC(NCc2cc(Br)c3c(c2)OCO3)CC1. The van der Waals surface area contributed by atoms with Crippen molar-refractivity contribution in [1.29, 1.82) is 0 Å². The highest BCUT2D eigenvalue weighted by Crippen LogP contribution is 2.40. The topological polar surface area (TPSA) is 56.5 Å². The van der Waals surface area contributed by atoms with E-state index in [4.69, 9.17) is 15.2 Å². The highest BCUT2D eigenvalue weighted by Gasteiger charge is 2.20. The van der Waals surface area contributed by atoms with E-state index in [1.54, 1.807) is 0 Å². The van der Waals surface area contributed by atoms with Crippen LogP contribution in [0, 0.1) is 0 Å². The Hall–Kier alpha value is -0.780. The molecule has 0 unspecified atom stereocenters. The van der Waals surface area contributed by atoms with Crippen molar-refractivity contribution in [2.24, 2.45) is 5.73 Å². The van der Waals surface area contributed by atoms with Crippen LogP contribution in [0.15, 0.2) is 16.6 Å². The van der Waals surface area contributed by atoms with E-state index >= 15 is 0 Å². The number of rotatable bonds is 3. The average Bonchev–Trinajstić information content (AvgIpc) is 2.87. The van der Waals surface area contributed by atoms with Crippen molar-refractivity contribution in [2.75, 3.05) is 6.79 Å². The Morgan fingerprint density at radius 1 is 1.21 bits per heavy atom. The van der Waals surface area contributed by atoms with Crippen LogP contribution in [0.2, 0.25) is 0 Å². The molecule has 0 amide bonds. The summed E-state index contributed by atoms with van der Waals surface area (Å²) in [6.07, 6.45) is 4.60. The average molecular weight is 327 g/mol. The largest absolute Gasteiger partial charge is 0.454 e. The molecule has 4 nitrogen and oxygen atoms in total. The lowest BCUT2D eigenvalue weighted by Crippen LogP contribution is -2.37. The summed E-state index contributed by atoms with van der Waals surface area (Å²) < 4.78 is 11.8. The summed E-state index contributed by atoms with van der Waals surface area (Å²) >= 11 is 3.52. The van der Waals surface area contributed by atoms with Gasteiger partial charge in [0.05, 0.1) is 4.47 Å². The van der Waals surface area contributed by atoms with Crippen LogP contribution in [-0.2, 0) is 6.54 Å². The third-order valence-electron chi connectivity index (χ3n) is 3.85. The van der Waals surface area contributed by atoms with Crippen LogP contribution in [0.5, 0.6) is 11.5 Å². The molecule has 1 aliphatic heterocycles. The molecule has 0 saturated heterocycles. The third kappa shape index (κ3) is 3.04. The summed E-state index contributed by atoms with van der Waals surface area (Å²) in [6, 6.07) is 5.13. The van der Waals surface area contributed by atoms with E-state index in [2.05, 4.69) is 33.4 Å². The number of hydrogen-bond donors (Lipinski definition) is 2. The lowest BCUT2D eigenvalue weighted by Gasteiger charge is -2.27. The number of hydrogen-bond acceptors (Lipinski definition) is 4. The van der Waals surface area contributed by atoms with Crippen molar-refractivity contribution in [3.05, 3.63) is 22.2 Å². The first kappa shape index (κ1) is 13.2. The molecule has 0 spiro atoms. The lowest BCUT2D eigenvalue weighted by atomic mass is 9.92. The number of ether oxygens (including phenoxy) is 2. The van der Waals surface area contributed by atoms with Crippen LogP contribution in [0.4, 0.5) is 0 Å². The van der Waals surface area contributed by atoms with E-state index in [1.165, 1.54) is 18.4 Å². The van der Waals surface area contributed by atoms with Crippen LogP contribution in [0.25, 0.3) is 0 Å².